The zero-order chi connectivity index (χ0) is 17.6. The van der Waals surface area contributed by atoms with Crippen LogP contribution in [0.5, 0.6) is 0 Å². The number of rotatable bonds is 9. The third-order valence-corrected chi connectivity index (χ3v) is 5.02. The monoisotopic (exact) mass is 347 g/mol. The van der Waals surface area contributed by atoms with E-state index >= 15 is 0 Å². The van der Waals surface area contributed by atoms with Gasteiger partial charge in [0, 0.05) is 31.6 Å². The van der Waals surface area contributed by atoms with E-state index < -0.39 is 5.91 Å². The average molecular weight is 348 g/mol. The lowest BCUT2D eigenvalue weighted by molar-refractivity contribution is -0.862. The van der Waals surface area contributed by atoms with E-state index in [0.717, 1.165) is 28.4 Å². The first-order valence-electron chi connectivity index (χ1n) is 8.05. The molecule has 1 atom stereocenters. The lowest BCUT2D eigenvalue weighted by atomic mass is 10.1. The molecule has 0 aliphatic rings. The van der Waals surface area contributed by atoms with Crippen LogP contribution in [0.25, 0.3) is 6.08 Å². The van der Waals surface area contributed by atoms with E-state index in [1.807, 2.05) is 29.4 Å². The molecule has 0 radical (unpaired) electrons. The van der Waals surface area contributed by atoms with Gasteiger partial charge in [-0.3, -0.25) is 0 Å². The van der Waals surface area contributed by atoms with E-state index in [2.05, 4.69) is 35.4 Å². The molecule has 1 aromatic carbocycles. The summed E-state index contributed by atoms with van der Waals surface area (Å²) in [6.07, 6.45) is 7.63. The number of aromatic nitrogens is 2. The first-order chi connectivity index (χ1) is 11.6. The summed E-state index contributed by atoms with van der Waals surface area (Å²) in [7, 11) is 5.97. The molecule has 0 amide bonds. The highest BCUT2D eigenvalue weighted by Gasteiger charge is 2.46. The topological polar surface area (TPSA) is 36.5 Å². The first kappa shape index (κ1) is 18.6. The molecule has 0 bridgehead atoms. The number of hydrogen-bond donors (Lipinski definition) is 0. The Morgan fingerprint density at radius 1 is 1.25 bits per heavy atom. The van der Waals surface area contributed by atoms with Gasteiger partial charge in [-0.1, -0.05) is 36.9 Å². The van der Waals surface area contributed by atoms with Crippen molar-refractivity contribution in [3.05, 3.63) is 60.7 Å². The van der Waals surface area contributed by atoms with Gasteiger partial charge in [-0.05, 0) is 17.2 Å². The molecule has 1 heterocycles. The Hall–Kier alpha value is -1.73. The lowest BCUT2D eigenvalue weighted by Crippen LogP contribution is -2.65. The molecule has 2 rings (SSSR count). The smallest absolute Gasteiger partial charge is 0.353 e. The summed E-state index contributed by atoms with van der Waals surface area (Å²) in [6, 6.07) is 9.25. The van der Waals surface area contributed by atoms with Crippen molar-refractivity contribution in [2.45, 2.75) is 24.6 Å². The molecule has 1 aromatic heterocycles. The van der Waals surface area contributed by atoms with Crippen molar-refractivity contribution in [2.75, 3.05) is 21.3 Å². The fraction of sp³-hybridized carbons (Fsp3) is 0.389. The average Bonchev–Trinajstić information content (AvgIpc) is 3.09. The Morgan fingerprint density at radius 2 is 1.92 bits per heavy atom. The summed E-state index contributed by atoms with van der Waals surface area (Å²) in [5.74, 6) is -0.950. The van der Waals surface area contributed by atoms with Crippen molar-refractivity contribution in [1.82, 2.24) is 4.57 Å². The second-order valence-electron chi connectivity index (χ2n) is 5.61. The van der Waals surface area contributed by atoms with Crippen LogP contribution in [0.2, 0.25) is 6.04 Å². The van der Waals surface area contributed by atoms with Crippen LogP contribution < -0.4 is 4.57 Å². The largest absolute Gasteiger partial charge is 0.371 e. The quantitative estimate of drug-likeness (QED) is 0.388. The molecule has 24 heavy (non-hydrogen) atoms. The molecule has 1 unspecified atom stereocenters. The third kappa shape index (κ3) is 3.67. The first-order valence-corrected chi connectivity index (χ1v) is 9.46. The van der Waals surface area contributed by atoms with E-state index in [0.29, 0.717) is 0 Å². The molecular weight excluding hydrogens is 320 g/mol. The highest BCUT2D eigenvalue weighted by molar-refractivity contribution is 6.08. The Kier molecular flexibility index (Phi) is 6.50. The fourth-order valence-electron chi connectivity index (χ4n) is 2.94. The molecule has 0 N–H and O–H groups in total. The maximum Gasteiger partial charge on any atom is 0.353 e. The Bertz CT molecular complexity index is 647. The molecule has 2 aromatic rings. The van der Waals surface area contributed by atoms with Crippen molar-refractivity contribution >= 4 is 16.3 Å². The fourth-order valence-corrected chi connectivity index (χ4v) is 3.79. The van der Waals surface area contributed by atoms with Gasteiger partial charge in [0.05, 0.1) is 0 Å². The van der Waals surface area contributed by atoms with Gasteiger partial charge in [0.2, 0.25) is 6.33 Å². The minimum absolute atomic E-state index is 0.160. The molecule has 0 spiro atoms. The van der Waals surface area contributed by atoms with Crippen LogP contribution in [0.15, 0.2) is 49.6 Å². The van der Waals surface area contributed by atoms with Crippen molar-refractivity contribution in [2.24, 2.45) is 0 Å². The normalized spacial score (nSPS) is 13.1. The number of methoxy groups -OCH3 is 3. The number of benzene rings is 1. The van der Waals surface area contributed by atoms with Crippen LogP contribution in [0.4, 0.5) is 0 Å². The highest BCUT2D eigenvalue weighted by atomic mass is 28.1. The van der Waals surface area contributed by atoms with Crippen LogP contribution >= 0.6 is 0 Å². The van der Waals surface area contributed by atoms with Crippen molar-refractivity contribution < 1.29 is 18.8 Å². The van der Waals surface area contributed by atoms with Gasteiger partial charge in [0.15, 0.2) is 6.10 Å². The zero-order valence-electron chi connectivity index (χ0n) is 14.9. The molecule has 5 nitrogen and oxygen atoms in total. The minimum Gasteiger partial charge on any atom is -0.371 e. The van der Waals surface area contributed by atoms with E-state index in [1.165, 1.54) is 5.56 Å². The number of imidazole rings is 1. The van der Waals surface area contributed by atoms with Crippen LogP contribution in [0.3, 0.4) is 0 Å². The van der Waals surface area contributed by atoms with Crippen LogP contribution in [0, 0.1) is 0 Å². The van der Waals surface area contributed by atoms with Gasteiger partial charge in [-0.25, -0.2) is 4.57 Å². The predicted molar refractivity (Wildman–Crippen MR) is 97.8 cm³/mol. The summed E-state index contributed by atoms with van der Waals surface area (Å²) in [4.78, 5) is 0. The standard InChI is InChI=1S/C18H27N2O3Si/c1-5-15-6-8-16(9-7-15)12-19-10-11-20(14-19)18(22-3,23-4)17(13-24)21-2/h5-11,14,17H,1,12-13H2,2-4,24H3/q+1. The molecular formula is C18H27N2O3Si+. The van der Waals surface area contributed by atoms with E-state index in [-0.39, 0.29) is 6.10 Å². The summed E-state index contributed by atoms with van der Waals surface area (Å²) < 4.78 is 21.1. The summed E-state index contributed by atoms with van der Waals surface area (Å²) in [5, 5.41) is 0. The number of hydrogen-bond acceptors (Lipinski definition) is 3. The maximum atomic E-state index is 5.72. The van der Waals surface area contributed by atoms with E-state index in [9.17, 15) is 0 Å². The molecule has 0 saturated heterocycles. The molecule has 0 saturated carbocycles. The van der Waals surface area contributed by atoms with Gasteiger partial charge < -0.3 is 14.2 Å². The summed E-state index contributed by atoms with van der Waals surface area (Å²) >= 11 is 0. The Labute approximate surface area is 146 Å². The Morgan fingerprint density at radius 3 is 2.42 bits per heavy atom. The van der Waals surface area contributed by atoms with Gasteiger partial charge in [-0.2, -0.15) is 4.57 Å². The molecule has 0 fully saturated rings. The lowest BCUT2D eigenvalue weighted by Gasteiger charge is -2.32. The van der Waals surface area contributed by atoms with Crippen LogP contribution in [-0.4, -0.2) is 42.2 Å². The third-order valence-electron chi connectivity index (χ3n) is 4.28. The van der Waals surface area contributed by atoms with Crippen LogP contribution in [0.1, 0.15) is 11.1 Å². The van der Waals surface area contributed by atoms with Gasteiger partial charge in [0.25, 0.3) is 0 Å². The highest BCUT2D eigenvalue weighted by Crippen LogP contribution is 2.21. The van der Waals surface area contributed by atoms with E-state index in [1.54, 1.807) is 21.3 Å². The Balaban J connectivity index is 2.25. The van der Waals surface area contributed by atoms with Crippen LogP contribution in [-0.2, 0) is 26.7 Å². The molecule has 130 valence electrons. The van der Waals surface area contributed by atoms with Crippen molar-refractivity contribution in [1.29, 1.82) is 0 Å². The number of nitrogens with zero attached hydrogens (tertiary/aromatic N) is 2. The maximum absolute atomic E-state index is 5.72. The van der Waals surface area contributed by atoms with Gasteiger partial charge in [-0.15, -0.1) is 0 Å². The van der Waals surface area contributed by atoms with Gasteiger partial charge >= 0.3 is 5.91 Å². The second-order valence-corrected chi connectivity index (χ2v) is 6.43. The predicted octanol–water partition coefficient (Wildman–Crippen LogP) is 1.17. The molecule has 0 aliphatic carbocycles. The van der Waals surface area contributed by atoms with Gasteiger partial charge in [0.1, 0.15) is 18.9 Å². The van der Waals surface area contributed by atoms with E-state index in [4.69, 9.17) is 14.2 Å². The molecule has 6 heteroatoms. The number of ether oxygens (including phenoxy) is 3. The summed E-state index contributed by atoms with van der Waals surface area (Å²) in [6.45, 7) is 4.55. The van der Waals surface area contributed by atoms with Crippen molar-refractivity contribution in [3.8, 4) is 0 Å². The zero-order valence-corrected chi connectivity index (χ0v) is 16.9. The SMILES string of the molecule is C=Cc1ccc(Cn2cc[n+](C(OC)(OC)C(C[SiH3])OC)c2)cc1. The minimum atomic E-state index is -0.950. The second kappa shape index (κ2) is 8.39. The van der Waals surface area contributed by atoms with Crippen molar-refractivity contribution in [3.63, 3.8) is 0 Å². The molecule has 0 aliphatic heterocycles. The summed E-state index contributed by atoms with van der Waals surface area (Å²) in [5.41, 5.74) is 2.34.